The van der Waals surface area contributed by atoms with Crippen LogP contribution in [0.2, 0.25) is 0 Å². The van der Waals surface area contributed by atoms with Gasteiger partial charge in [0.25, 0.3) is 0 Å². The number of esters is 1. The van der Waals surface area contributed by atoms with Gasteiger partial charge in [-0.3, -0.25) is 9.59 Å². The van der Waals surface area contributed by atoms with Crippen molar-refractivity contribution in [1.29, 1.82) is 0 Å². The van der Waals surface area contributed by atoms with Crippen LogP contribution in [-0.4, -0.2) is 35.9 Å². The molecule has 0 aliphatic rings. The number of amides is 1. The Kier molecular flexibility index (Phi) is 8.31. The minimum Gasteiger partial charge on any atom is -0.497 e. The molecule has 0 fully saturated rings. The average Bonchev–Trinajstić information content (AvgIpc) is 3.10. The molecule has 0 spiro atoms. The van der Waals surface area contributed by atoms with Crippen molar-refractivity contribution in [3.8, 4) is 5.75 Å². The molecule has 2 aromatic carbocycles. The molecule has 0 unspecified atom stereocenters. The van der Waals surface area contributed by atoms with Crippen molar-refractivity contribution in [3.63, 3.8) is 0 Å². The standard InChI is InChI=1S/C23H26N2O4S2/c1-4-16-6-11-19-20(14-16)31-23(25(19)15-22(27)29-5-2)24-21(26)12-13-30-18-9-7-17(28-3)8-10-18/h6-11,14H,4-5,12-13,15H2,1-3H3. The molecule has 0 bridgehead atoms. The van der Waals surface area contributed by atoms with Crippen LogP contribution in [0.4, 0.5) is 0 Å². The predicted molar refractivity (Wildman–Crippen MR) is 125 cm³/mol. The quantitative estimate of drug-likeness (QED) is 0.350. The minimum atomic E-state index is -0.342. The van der Waals surface area contributed by atoms with E-state index in [1.54, 1.807) is 30.4 Å². The van der Waals surface area contributed by atoms with Gasteiger partial charge in [0.1, 0.15) is 12.3 Å². The SMILES string of the molecule is CCOC(=O)Cn1c(=NC(=O)CCSc2ccc(OC)cc2)sc2cc(CC)ccc21. The Labute approximate surface area is 189 Å². The lowest BCUT2D eigenvalue weighted by atomic mass is 10.2. The van der Waals surface area contributed by atoms with Crippen molar-refractivity contribution >= 4 is 45.2 Å². The van der Waals surface area contributed by atoms with Crippen molar-refractivity contribution in [2.45, 2.75) is 38.1 Å². The smallest absolute Gasteiger partial charge is 0.326 e. The summed E-state index contributed by atoms with van der Waals surface area (Å²) in [5.74, 6) is 0.876. The molecular formula is C23H26N2O4S2. The molecule has 1 heterocycles. The summed E-state index contributed by atoms with van der Waals surface area (Å²) in [5.41, 5.74) is 2.08. The number of carbonyl (C=O) groups is 2. The number of hydrogen-bond donors (Lipinski definition) is 0. The number of nitrogens with zero attached hydrogens (tertiary/aromatic N) is 2. The van der Waals surface area contributed by atoms with Gasteiger partial charge in [0.2, 0.25) is 5.91 Å². The summed E-state index contributed by atoms with van der Waals surface area (Å²) in [7, 11) is 1.63. The van der Waals surface area contributed by atoms with Gasteiger partial charge < -0.3 is 14.0 Å². The zero-order valence-electron chi connectivity index (χ0n) is 17.9. The van der Waals surface area contributed by atoms with Crippen LogP contribution in [0.15, 0.2) is 52.4 Å². The van der Waals surface area contributed by atoms with Gasteiger partial charge in [-0.05, 0) is 55.3 Å². The summed E-state index contributed by atoms with van der Waals surface area (Å²) in [4.78, 5) is 30.6. The van der Waals surface area contributed by atoms with E-state index in [1.165, 1.54) is 16.9 Å². The lowest BCUT2D eigenvalue weighted by Crippen LogP contribution is -2.23. The molecule has 164 valence electrons. The average molecular weight is 459 g/mol. The second-order valence-corrected chi connectivity index (χ2v) is 8.89. The van der Waals surface area contributed by atoms with Crippen LogP contribution < -0.4 is 9.54 Å². The fourth-order valence-corrected chi connectivity index (χ4v) is 4.95. The Morgan fingerprint density at radius 1 is 1.13 bits per heavy atom. The number of aryl methyl sites for hydroxylation is 1. The Morgan fingerprint density at radius 2 is 1.90 bits per heavy atom. The van der Waals surface area contributed by atoms with E-state index in [-0.39, 0.29) is 18.4 Å². The first-order chi connectivity index (χ1) is 15.0. The van der Waals surface area contributed by atoms with Crippen LogP contribution in [-0.2, 0) is 27.3 Å². The second-order valence-electron chi connectivity index (χ2n) is 6.71. The maximum absolute atomic E-state index is 12.5. The van der Waals surface area contributed by atoms with E-state index in [2.05, 4.69) is 18.0 Å². The zero-order valence-corrected chi connectivity index (χ0v) is 19.6. The highest BCUT2D eigenvalue weighted by atomic mass is 32.2. The molecule has 0 atom stereocenters. The molecule has 3 rings (SSSR count). The highest BCUT2D eigenvalue weighted by Gasteiger charge is 2.13. The number of benzene rings is 2. The Morgan fingerprint density at radius 3 is 2.58 bits per heavy atom. The lowest BCUT2D eigenvalue weighted by molar-refractivity contribution is -0.143. The van der Waals surface area contributed by atoms with Crippen molar-refractivity contribution < 1.29 is 19.1 Å². The van der Waals surface area contributed by atoms with Crippen molar-refractivity contribution in [1.82, 2.24) is 4.57 Å². The monoisotopic (exact) mass is 458 g/mol. The summed E-state index contributed by atoms with van der Waals surface area (Å²) < 4.78 is 13.0. The zero-order chi connectivity index (χ0) is 22.2. The van der Waals surface area contributed by atoms with E-state index in [0.717, 1.165) is 27.3 Å². The predicted octanol–water partition coefficient (Wildman–Crippen LogP) is 4.45. The number of thioether (sulfide) groups is 1. The van der Waals surface area contributed by atoms with Gasteiger partial charge in [-0.2, -0.15) is 4.99 Å². The first kappa shape index (κ1) is 23.1. The van der Waals surface area contributed by atoms with Crippen molar-refractivity contribution in [3.05, 3.63) is 52.8 Å². The topological polar surface area (TPSA) is 69.9 Å². The second kappa shape index (κ2) is 11.2. The van der Waals surface area contributed by atoms with E-state index in [0.29, 0.717) is 23.6 Å². The molecule has 0 saturated carbocycles. The van der Waals surface area contributed by atoms with Crippen LogP contribution in [0.1, 0.15) is 25.8 Å². The van der Waals surface area contributed by atoms with Gasteiger partial charge in [0, 0.05) is 17.1 Å². The largest absolute Gasteiger partial charge is 0.497 e. The minimum absolute atomic E-state index is 0.0338. The van der Waals surface area contributed by atoms with Gasteiger partial charge >= 0.3 is 5.97 Å². The molecule has 0 aliphatic carbocycles. The maximum atomic E-state index is 12.5. The Balaban J connectivity index is 1.77. The molecule has 0 saturated heterocycles. The third-order valence-electron chi connectivity index (χ3n) is 4.61. The third-order valence-corrected chi connectivity index (χ3v) is 6.67. The number of methoxy groups -OCH3 is 1. The summed E-state index contributed by atoms with van der Waals surface area (Å²) in [6, 6.07) is 13.8. The highest BCUT2D eigenvalue weighted by molar-refractivity contribution is 7.99. The molecule has 3 aromatic rings. The van der Waals surface area contributed by atoms with Gasteiger partial charge in [-0.15, -0.1) is 11.8 Å². The van der Waals surface area contributed by atoms with Crippen LogP contribution in [0.5, 0.6) is 5.75 Å². The number of thiazole rings is 1. The maximum Gasteiger partial charge on any atom is 0.326 e. The first-order valence-electron chi connectivity index (χ1n) is 10.2. The number of hydrogen-bond acceptors (Lipinski definition) is 6. The fraction of sp³-hybridized carbons (Fsp3) is 0.348. The van der Waals surface area contributed by atoms with E-state index in [4.69, 9.17) is 9.47 Å². The van der Waals surface area contributed by atoms with E-state index in [1.807, 2.05) is 36.4 Å². The summed E-state index contributed by atoms with van der Waals surface area (Å²) in [5, 5.41) is 0. The van der Waals surface area contributed by atoms with Crippen LogP contribution in [0.3, 0.4) is 0 Å². The van der Waals surface area contributed by atoms with E-state index in [9.17, 15) is 9.59 Å². The number of aromatic nitrogens is 1. The summed E-state index contributed by atoms with van der Waals surface area (Å²) in [6.45, 7) is 4.22. The molecule has 0 N–H and O–H groups in total. The van der Waals surface area contributed by atoms with Crippen LogP contribution in [0, 0.1) is 0 Å². The van der Waals surface area contributed by atoms with Crippen molar-refractivity contribution in [2.24, 2.45) is 4.99 Å². The molecule has 1 amide bonds. The van der Waals surface area contributed by atoms with Crippen molar-refractivity contribution in [2.75, 3.05) is 19.5 Å². The molecular weight excluding hydrogens is 432 g/mol. The Bertz CT molecular complexity index is 1120. The Hall–Kier alpha value is -2.58. The van der Waals surface area contributed by atoms with Gasteiger partial charge in [-0.25, -0.2) is 0 Å². The number of ether oxygens (including phenoxy) is 2. The van der Waals surface area contributed by atoms with Gasteiger partial charge in [0.15, 0.2) is 4.80 Å². The molecule has 31 heavy (non-hydrogen) atoms. The van der Waals surface area contributed by atoms with Gasteiger partial charge in [0.05, 0.1) is 23.9 Å². The van der Waals surface area contributed by atoms with E-state index < -0.39 is 0 Å². The normalized spacial score (nSPS) is 11.6. The number of carbonyl (C=O) groups excluding carboxylic acids is 2. The van der Waals surface area contributed by atoms with E-state index >= 15 is 0 Å². The lowest BCUT2D eigenvalue weighted by Gasteiger charge is -2.05. The molecule has 0 aliphatic heterocycles. The molecule has 8 heteroatoms. The molecule has 1 aromatic heterocycles. The summed E-state index contributed by atoms with van der Waals surface area (Å²) >= 11 is 3.02. The van der Waals surface area contributed by atoms with Gasteiger partial charge in [-0.1, -0.05) is 24.3 Å². The highest BCUT2D eigenvalue weighted by Crippen LogP contribution is 2.22. The molecule has 6 nitrogen and oxygen atoms in total. The van der Waals surface area contributed by atoms with Crippen LogP contribution >= 0.6 is 23.1 Å². The number of fused-ring (bicyclic) bond motifs is 1. The summed E-state index contributed by atoms with van der Waals surface area (Å²) in [6.07, 6.45) is 1.23. The fourth-order valence-electron chi connectivity index (χ4n) is 3.00. The first-order valence-corrected chi connectivity index (χ1v) is 12.0. The van der Waals surface area contributed by atoms with Crippen LogP contribution in [0.25, 0.3) is 10.2 Å². The third kappa shape index (κ3) is 6.21. The molecule has 0 radical (unpaired) electrons. The number of rotatable bonds is 9.